The fourth-order valence-electron chi connectivity index (χ4n) is 1.58. The summed E-state index contributed by atoms with van der Waals surface area (Å²) in [5, 5.41) is 9.11. The predicted octanol–water partition coefficient (Wildman–Crippen LogP) is 2.45. The quantitative estimate of drug-likeness (QED) is 0.815. The van der Waals surface area contributed by atoms with Crippen molar-refractivity contribution in [3.63, 3.8) is 0 Å². The lowest BCUT2D eigenvalue weighted by Crippen LogP contribution is -1.89. The summed E-state index contributed by atoms with van der Waals surface area (Å²) in [6, 6.07) is 6.12. The fourth-order valence-corrected chi connectivity index (χ4v) is 1.58. The summed E-state index contributed by atoms with van der Waals surface area (Å²) in [5.74, 6) is 0.665. The molecule has 3 heteroatoms. The predicted molar refractivity (Wildman–Crippen MR) is 57.3 cm³/mol. The molecule has 3 nitrogen and oxygen atoms in total. The molecule has 2 aromatic rings. The van der Waals surface area contributed by atoms with Gasteiger partial charge in [-0.15, -0.1) is 0 Å². The summed E-state index contributed by atoms with van der Waals surface area (Å²) >= 11 is 0. The molecule has 0 saturated carbocycles. The number of aliphatic hydroxyl groups is 1. The highest BCUT2D eigenvalue weighted by molar-refractivity contribution is 5.64. The summed E-state index contributed by atoms with van der Waals surface area (Å²) in [6.07, 6.45) is 1.36. The van der Waals surface area contributed by atoms with E-state index in [2.05, 4.69) is 4.98 Å². The van der Waals surface area contributed by atoms with E-state index in [9.17, 15) is 0 Å². The van der Waals surface area contributed by atoms with Gasteiger partial charge < -0.3 is 9.52 Å². The molecule has 0 atom stereocenters. The molecule has 0 amide bonds. The first-order valence-corrected chi connectivity index (χ1v) is 4.83. The van der Waals surface area contributed by atoms with Gasteiger partial charge in [-0.2, -0.15) is 0 Å². The van der Waals surface area contributed by atoms with Crippen LogP contribution in [-0.2, 0) is 6.61 Å². The molecule has 2 rings (SSSR count). The topological polar surface area (TPSA) is 46.3 Å². The second-order valence-corrected chi connectivity index (χ2v) is 3.60. The van der Waals surface area contributed by atoms with Crippen LogP contribution >= 0.6 is 0 Å². The van der Waals surface area contributed by atoms with Crippen molar-refractivity contribution in [1.29, 1.82) is 0 Å². The molecule has 1 aromatic heterocycles. The highest BCUT2D eigenvalue weighted by Gasteiger charge is 2.11. The van der Waals surface area contributed by atoms with Crippen LogP contribution < -0.4 is 0 Å². The molecule has 0 fully saturated rings. The molecular weight excluding hydrogens is 190 g/mol. The van der Waals surface area contributed by atoms with Crippen LogP contribution in [0.5, 0.6) is 0 Å². The second-order valence-electron chi connectivity index (χ2n) is 3.60. The fraction of sp³-hybridized carbons (Fsp3) is 0.250. The van der Waals surface area contributed by atoms with Crippen molar-refractivity contribution in [2.24, 2.45) is 0 Å². The maximum Gasteiger partial charge on any atom is 0.181 e. The third-order valence-corrected chi connectivity index (χ3v) is 2.43. The molecule has 0 aliphatic rings. The van der Waals surface area contributed by atoms with E-state index in [4.69, 9.17) is 9.52 Å². The maximum atomic E-state index is 9.11. The van der Waals surface area contributed by atoms with E-state index in [0.717, 1.165) is 16.7 Å². The standard InChI is InChI=1S/C12H13NO2/c1-8-3-4-9(2)10(5-8)12-11(6-14)13-7-15-12/h3-5,7,14H,6H2,1-2H3. The van der Waals surface area contributed by atoms with Gasteiger partial charge in [0.1, 0.15) is 5.69 Å². The van der Waals surface area contributed by atoms with Gasteiger partial charge >= 0.3 is 0 Å². The van der Waals surface area contributed by atoms with Gasteiger partial charge in [0, 0.05) is 5.56 Å². The summed E-state index contributed by atoms with van der Waals surface area (Å²) in [7, 11) is 0. The van der Waals surface area contributed by atoms with Crippen molar-refractivity contribution >= 4 is 0 Å². The van der Waals surface area contributed by atoms with Crippen LogP contribution in [0.2, 0.25) is 0 Å². The van der Waals surface area contributed by atoms with Gasteiger partial charge in [-0.05, 0) is 25.5 Å². The van der Waals surface area contributed by atoms with Crippen LogP contribution in [0.3, 0.4) is 0 Å². The largest absolute Gasteiger partial charge is 0.443 e. The zero-order valence-corrected chi connectivity index (χ0v) is 8.82. The molecule has 1 N–H and O–H groups in total. The molecule has 0 radical (unpaired) electrons. The minimum absolute atomic E-state index is 0.0980. The van der Waals surface area contributed by atoms with E-state index in [1.54, 1.807) is 0 Å². The molecule has 15 heavy (non-hydrogen) atoms. The molecule has 1 aromatic carbocycles. The van der Waals surface area contributed by atoms with Gasteiger partial charge in [0.2, 0.25) is 0 Å². The molecule has 0 aliphatic heterocycles. The summed E-state index contributed by atoms with van der Waals surface area (Å²) in [4.78, 5) is 3.97. The smallest absolute Gasteiger partial charge is 0.181 e. The highest BCUT2D eigenvalue weighted by Crippen LogP contribution is 2.27. The lowest BCUT2D eigenvalue weighted by atomic mass is 10.0. The molecule has 0 unspecified atom stereocenters. The lowest BCUT2D eigenvalue weighted by molar-refractivity contribution is 0.277. The minimum atomic E-state index is -0.0980. The Bertz CT molecular complexity index is 474. The number of nitrogens with zero attached hydrogens (tertiary/aromatic N) is 1. The van der Waals surface area contributed by atoms with E-state index in [1.165, 1.54) is 6.39 Å². The van der Waals surface area contributed by atoms with Crippen molar-refractivity contribution in [3.05, 3.63) is 41.4 Å². The number of oxazole rings is 1. The highest BCUT2D eigenvalue weighted by atomic mass is 16.3. The van der Waals surface area contributed by atoms with E-state index in [0.29, 0.717) is 11.5 Å². The monoisotopic (exact) mass is 203 g/mol. The zero-order chi connectivity index (χ0) is 10.8. The van der Waals surface area contributed by atoms with Gasteiger partial charge in [-0.25, -0.2) is 4.98 Å². The average molecular weight is 203 g/mol. The molecule has 0 spiro atoms. The van der Waals surface area contributed by atoms with Crippen LogP contribution in [0.15, 0.2) is 29.0 Å². The molecule has 1 heterocycles. The first kappa shape index (κ1) is 9.93. The van der Waals surface area contributed by atoms with Crippen molar-refractivity contribution in [3.8, 4) is 11.3 Å². The third-order valence-electron chi connectivity index (χ3n) is 2.43. The van der Waals surface area contributed by atoms with Crippen LogP contribution in [0, 0.1) is 13.8 Å². The van der Waals surface area contributed by atoms with E-state index < -0.39 is 0 Å². The van der Waals surface area contributed by atoms with Crippen molar-refractivity contribution in [2.45, 2.75) is 20.5 Å². The van der Waals surface area contributed by atoms with Gasteiger partial charge in [0.25, 0.3) is 0 Å². The number of rotatable bonds is 2. The Kier molecular flexibility index (Phi) is 2.56. The molecule has 0 bridgehead atoms. The average Bonchev–Trinajstić information content (AvgIpc) is 2.69. The van der Waals surface area contributed by atoms with Crippen molar-refractivity contribution in [2.75, 3.05) is 0 Å². The van der Waals surface area contributed by atoms with Crippen LogP contribution in [-0.4, -0.2) is 10.1 Å². The van der Waals surface area contributed by atoms with Gasteiger partial charge in [-0.1, -0.05) is 17.7 Å². The molecule has 78 valence electrons. The summed E-state index contributed by atoms with van der Waals surface area (Å²) < 4.78 is 5.31. The van der Waals surface area contributed by atoms with Gasteiger partial charge in [0.05, 0.1) is 6.61 Å². The summed E-state index contributed by atoms with van der Waals surface area (Å²) in [6.45, 7) is 3.94. The van der Waals surface area contributed by atoms with Crippen molar-refractivity contribution < 1.29 is 9.52 Å². The molecule has 0 aliphatic carbocycles. The first-order chi connectivity index (χ1) is 7.22. The Morgan fingerprint density at radius 2 is 2.13 bits per heavy atom. The Morgan fingerprint density at radius 3 is 2.87 bits per heavy atom. The Hall–Kier alpha value is -1.61. The van der Waals surface area contributed by atoms with Gasteiger partial charge in [-0.3, -0.25) is 0 Å². The SMILES string of the molecule is Cc1ccc(C)c(-c2ocnc2CO)c1. The third kappa shape index (κ3) is 1.78. The van der Waals surface area contributed by atoms with Crippen molar-refractivity contribution in [1.82, 2.24) is 4.98 Å². The Balaban J connectivity index is 2.58. The van der Waals surface area contributed by atoms with E-state index >= 15 is 0 Å². The maximum absolute atomic E-state index is 9.11. The first-order valence-electron chi connectivity index (χ1n) is 4.83. The van der Waals surface area contributed by atoms with E-state index in [1.807, 2.05) is 32.0 Å². The van der Waals surface area contributed by atoms with Crippen LogP contribution in [0.4, 0.5) is 0 Å². The van der Waals surface area contributed by atoms with Gasteiger partial charge in [0.15, 0.2) is 12.2 Å². The van der Waals surface area contributed by atoms with E-state index in [-0.39, 0.29) is 6.61 Å². The Labute approximate surface area is 88.4 Å². The lowest BCUT2D eigenvalue weighted by Gasteiger charge is -2.04. The number of hydrogen-bond acceptors (Lipinski definition) is 3. The Morgan fingerprint density at radius 1 is 1.33 bits per heavy atom. The minimum Gasteiger partial charge on any atom is -0.443 e. The number of benzene rings is 1. The van der Waals surface area contributed by atoms with Crippen LogP contribution in [0.1, 0.15) is 16.8 Å². The number of aromatic nitrogens is 1. The number of hydrogen-bond donors (Lipinski definition) is 1. The normalized spacial score (nSPS) is 10.6. The number of aliphatic hydroxyl groups excluding tert-OH is 1. The zero-order valence-electron chi connectivity index (χ0n) is 8.82. The second kappa shape index (κ2) is 3.87. The summed E-state index contributed by atoms with van der Waals surface area (Å²) in [5.41, 5.74) is 3.86. The molecule has 0 saturated heterocycles. The van der Waals surface area contributed by atoms with Crippen LogP contribution in [0.25, 0.3) is 11.3 Å². The molecular formula is C12H13NO2. The number of aryl methyl sites for hydroxylation is 2.